The van der Waals surface area contributed by atoms with Crippen molar-refractivity contribution in [3.63, 3.8) is 0 Å². The van der Waals surface area contributed by atoms with Crippen molar-refractivity contribution in [2.24, 2.45) is 110 Å². The number of hydrogen-bond donors (Lipinski definition) is 1. The maximum atomic E-state index is 9.60. The highest BCUT2D eigenvalue weighted by molar-refractivity contribution is 5.41. The summed E-state index contributed by atoms with van der Waals surface area (Å²) >= 11 is 0. The van der Waals surface area contributed by atoms with E-state index >= 15 is 0 Å². The molecule has 0 heterocycles. The molecule has 8 aliphatic rings. The topological polar surface area (TPSA) is 66.4 Å². The van der Waals surface area contributed by atoms with E-state index < -0.39 is 0 Å². The lowest BCUT2D eigenvalue weighted by molar-refractivity contribution is -0.372. The molecule has 0 spiro atoms. The molecule has 0 radical (unpaired) electrons. The summed E-state index contributed by atoms with van der Waals surface area (Å²) in [5.74, 6) is 15.2. The zero-order valence-electron chi connectivity index (χ0n) is 60.5. The number of benzene rings is 4. The minimum atomic E-state index is -0.164. The molecule has 6 nitrogen and oxygen atoms in total. The quantitative estimate of drug-likeness (QED) is 0.0540. The first-order chi connectivity index (χ1) is 43.9. The monoisotopic (exact) mass is 1250 g/mol. The van der Waals surface area contributed by atoms with Crippen molar-refractivity contribution in [1.82, 2.24) is 0 Å². The van der Waals surface area contributed by atoms with Crippen LogP contribution in [0, 0.1) is 124 Å². The number of ether oxygens (including phenoxy) is 2. The van der Waals surface area contributed by atoms with Crippen LogP contribution in [0.4, 0.5) is 0 Å². The predicted molar refractivity (Wildman–Crippen MR) is 380 cm³/mol. The van der Waals surface area contributed by atoms with Gasteiger partial charge in [-0.2, -0.15) is 0 Å². The summed E-state index contributed by atoms with van der Waals surface area (Å²) in [6.45, 7) is 38.9. The highest BCUT2D eigenvalue weighted by atomic mass is 17.2. The molecular formula is C86H126O6. The van der Waals surface area contributed by atoms with Gasteiger partial charge in [-0.15, -0.1) is 0 Å². The maximum absolute atomic E-state index is 9.60. The molecule has 6 heteroatoms. The number of fused-ring (bicyclic) bond motifs is 10. The summed E-state index contributed by atoms with van der Waals surface area (Å²) in [4.78, 5) is 17.0. The SMILES string of the molecule is CCOOC1CC2C3CCC(C(C)CCC=C(C)C)C3(C)CCC2C2(C)CCC(C(C)OO)C(C)(C)C12.Cc1ccc(Oc2ccc(C3CCC4(C)C5CCC6(C)C(C(C)CCCC(C)C)CCC6C5CCC4C3c3ccc(Oc4ccc(C)cc4)cc3)cc2)cc1. The van der Waals surface area contributed by atoms with E-state index in [-0.39, 0.29) is 23.0 Å². The first-order valence-electron chi connectivity index (χ1n) is 37.8. The molecule has 4 aromatic rings. The largest absolute Gasteiger partial charge is 0.457 e. The summed E-state index contributed by atoms with van der Waals surface area (Å²) in [6.07, 6.45) is 29.3. The van der Waals surface area contributed by atoms with Crippen LogP contribution in [0.1, 0.15) is 259 Å². The third-order valence-corrected chi connectivity index (χ3v) is 28.7. The highest BCUT2D eigenvalue weighted by Gasteiger charge is 2.67. The lowest BCUT2D eigenvalue weighted by Gasteiger charge is -2.67. The van der Waals surface area contributed by atoms with Crippen molar-refractivity contribution < 1.29 is 29.4 Å². The van der Waals surface area contributed by atoms with Crippen molar-refractivity contribution in [2.75, 3.05) is 6.61 Å². The number of rotatable bonds is 20. The van der Waals surface area contributed by atoms with Crippen molar-refractivity contribution in [3.8, 4) is 23.0 Å². The smallest absolute Gasteiger partial charge is 0.127 e. The molecule has 12 rings (SSSR count). The van der Waals surface area contributed by atoms with Gasteiger partial charge in [-0.05, 0) is 332 Å². The van der Waals surface area contributed by atoms with Crippen molar-refractivity contribution in [1.29, 1.82) is 0 Å². The first kappa shape index (κ1) is 69.4. The second-order valence-electron chi connectivity index (χ2n) is 34.7. The molecule has 21 atom stereocenters. The molecule has 8 fully saturated rings. The van der Waals surface area contributed by atoms with Gasteiger partial charge in [-0.1, -0.05) is 160 Å². The van der Waals surface area contributed by atoms with Crippen LogP contribution in [-0.4, -0.2) is 24.1 Å². The summed E-state index contributed by atoms with van der Waals surface area (Å²) in [5.41, 5.74) is 8.50. The molecule has 4 aromatic carbocycles. The van der Waals surface area contributed by atoms with Gasteiger partial charge in [-0.3, -0.25) is 5.26 Å². The van der Waals surface area contributed by atoms with E-state index in [0.717, 1.165) is 101 Å². The zero-order valence-corrected chi connectivity index (χ0v) is 60.5. The zero-order chi connectivity index (χ0) is 65.5. The van der Waals surface area contributed by atoms with Gasteiger partial charge in [0.2, 0.25) is 0 Å². The Labute approximate surface area is 560 Å². The van der Waals surface area contributed by atoms with Gasteiger partial charge in [0, 0.05) is 0 Å². The van der Waals surface area contributed by atoms with E-state index in [9.17, 15) is 5.26 Å². The van der Waals surface area contributed by atoms with E-state index in [0.29, 0.717) is 52.4 Å². The van der Waals surface area contributed by atoms with Gasteiger partial charge in [0.15, 0.2) is 0 Å². The lowest BCUT2D eigenvalue weighted by atomic mass is 9.39. The van der Waals surface area contributed by atoms with Crippen molar-refractivity contribution >= 4 is 0 Å². The fourth-order valence-electron chi connectivity index (χ4n) is 24.5. The van der Waals surface area contributed by atoms with Crippen LogP contribution >= 0.6 is 0 Å². The summed E-state index contributed by atoms with van der Waals surface area (Å²) in [7, 11) is 0. The second-order valence-corrected chi connectivity index (χ2v) is 34.7. The Kier molecular flexibility index (Phi) is 21.6. The van der Waals surface area contributed by atoms with E-state index in [1.807, 2.05) is 13.8 Å². The van der Waals surface area contributed by atoms with Crippen LogP contribution in [0.25, 0.3) is 0 Å². The number of allylic oxidation sites excluding steroid dienone is 2. The van der Waals surface area contributed by atoms with E-state index in [1.165, 1.54) is 143 Å². The van der Waals surface area contributed by atoms with E-state index in [4.69, 9.17) is 24.1 Å². The van der Waals surface area contributed by atoms with Gasteiger partial charge in [0.25, 0.3) is 0 Å². The summed E-state index contributed by atoms with van der Waals surface area (Å²) < 4.78 is 12.6. The Balaban J connectivity index is 0.000000204. The maximum Gasteiger partial charge on any atom is 0.127 e. The summed E-state index contributed by atoms with van der Waals surface area (Å²) in [6, 6.07) is 35.2. The van der Waals surface area contributed by atoms with Crippen LogP contribution < -0.4 is 9.47 Å². The van der Waals surface area contributed by atoms with Crippen molar-refractivity contribution in [3.05, 3.63) is 131 Å². The molecule has 0 bridgehead atoms. The highest BCUT2D eigenvalue weighted by Crippen LogP contribution is 2.74. The molecule has 8 aliphatic carbocycles. The molecule has 506 valence electrons. The van der Waals surface area contributed by atoms with E-state index in [1.54, 1.807) is 0 Å². The third kappa shape index (κ3) is 13.7. The van der Waals surface area contributed by atoms with Gasteiger partial charge >= 0.3 is 0 Å². The Morgan fingerprint density at radius 2 is 0.989 bits per heavy atom. The Morgan fingerprint density at radius 3 is 1.52 bits per heavy atom. The van der Waals surface area contributed by atoms with E-state index in [2.05, 4.69) is 200 Å². The number of hydrogen-bond acceptors (Lipinski definition) is 6. The van der Waals surface area contributed by atoms with Gasteiger partial charge < -0.3 is 9.47 Å². The summed E-state index contributed by atoms with van der Waals surface area (Å²) in [5, 5.41) is 9.60. The van der Waals surface area contributed by atoms with Crippen LogP contribution in [0.2, 0.25) is 0 Å². The van der Waals surface area contributed by atoms with Crippen LogP contribution in [0.5, 0.6) is 23.0 Å². The molecule has 21 unspecified atom stereocenters. The van der Waals surface area contributed by atoms with Crippen LogP contribution in [-0.2, 0) is 14.7 Å². The fraction of sp³-hybridized carbons (Fsp3) is 0.698. The average molecular weight is 1260 g/mol. The molecular weight excluding hydrogens is 1130 g/mol. The lowest BCUT2D eigenvalue weighted by Crippen LogP contribution is -2.64. The third-order valence-electron chi connectivity index (χ3n) is 28.7. The van der Waals surface area contributed by atoms with Crippen molar-refractivity contribution in [2.45, 2.75) is 263 Å². The first-order valence-corrected chi connectivity index (χ1v) is 37.8. The molecule has 0 aliphatic heterocycles. The minimum absolute atomic E-state index is 0.000285. The second kappa shape index (κ2) is 28.6. The Bertz CT molecular complexity index is 3030. The molecule has 8 saturated carbocycles. The molecule has 0 saturated heterocycles. The molecule has 0 aromatic heterocycles. The number of aryl methyl sites for hydroxylation is 2. The standard InChI is InChI=1S/C53H68O2.C33H58O4/c1-35(2)9-8-10-38(5)47-29-30-48-46-27-28-50-51(40-17-25-44(26-18-40)55-42-21-13-37(4)14-22-42)45(31-33-53(50,7)49(46)32-34-52(47,48)6)39-15-23-43(24-16-39)54-41-19-11-36(3)12-20-41;1-10-35-37-29-20-24-27-15-14-25(22(4)13-11-12-21(2)3)32(27,8)18-17-28(24)33(9)19-16-26(23(5)36-34)31(6,7)30(29)33/h11-26,35,38,45-51H,8-10,27-34H2,1-7H3;12,22-30,34H,10-11,13-20H2,1-9H3. The van der Waals surface area contributed by atoms with Gasteiger partial charge in [0.1, 0.15) is 23.0 Å². The van der Waals surface area contributed by atoms with Crippen LogP contribution in [0.15, 0.2) is 109 Å². The molecule has 0 amide bonds. The predicted octanol–water partition coefficient (Wildman–Crippen LogP) is 24.6. The van der Waals surface area contributed by atoms with Gasteiger partial charge in [0.05, 0.1) is 18.8 Å². The minimum Gasteiger partial charge on any atom is -0.457 e. The average Bonchev–Trinajstić information content (AvgIpc) is 1.12. The fourth-order valence-corrected chi connectivity index (χ4v) is 24.5. The normalized spacial score (nSPS) is 36.9. The van der Waals surface area contributed by atoms with Gasteiger partial charge in [-0.25, -0.2) is 14.7 Å². The van der Waals surface area contributed by atoms with Crippen LogP contribution in [0.3, 0.4) is 0 Å². The Morgan fingerprint density at radius 1 is 0.511 bits per heavy atom. The molecule has 92 heavy (non-hydrogen) atoms. The molecule has 1 N–H and O–H groups in total. The Hall–Kier alpha value is -3.94.